The predicted octanol–water partition coefficient (Wildman–Crippen LogP) is 1.25. The molecular weight excluding hydrogens is 306 g/mol. The van der Waals surface area contributed by atoms with Gasteiger partial charge in [0.15, 0.2) is 9.84 Å². The average molecular weight is 327 g/mol. The van der Waals surface area contributed by atoms with Crippen LogP contribution in [0.3, 0.4) is 0 Å². The fourth-order valence-electron chi connectivity index (χ4n) is 1.90. The van der Waals surface area contributed by atoms with Gasteiger partial charge in [-0.1, -0.05) is 32.9 Å². The van der Waals surface area contributed by atoms with Crippen LogP contribution < -0.4 is 5.32 Å². The van der Waals surface area contributed by atoms with Crippen LogP contribution in [0.5, 0.6) is 0 Å². The van der Waals surface area contributed by atoms with E-state index in [0.29, 0.717) is 5.56 Å². The normalized spacial score (nSPS) is 12.9. The molecule has 1 atom stereocenters. The van der Waals surface area contributed by atoms with Crippen LogP contribution in [0.1, 0.15) is 26.3 Å². The summed E-state index contributed by atoms with van der Waals surface area (Å²) in [7, 11) is -3.26. The minimum Gasteiger partial charge on any atom is -0.480 e. The van der Waals surface area contributed by atoms with Gasteiger partial charge in [0.1, 0.15) is 6.04 Å². The summed E-state index contributed by atoms with van der Waals surface area (Å²) in [4.78, 5) is 23.1. The molecule has 0 aliphatic heterocycles. The van der Waals surface area contributed by atoms with Gasteiger partial charge in [0.25, 0.3) is 0 Å². The van der Waals surface area contributed by atoms with E-state index in [2.05, 4.69) is 5.32 Å². The Labute approximate surface area is 130 Å². The molecule has 0 aliphatic rings. The Morgan fingerprint density at radius 1 is 1.18 bits per heavy atom. The molecule has 6 nitrogen and oxygen atoms in total. The van der Waals surface area contributed by atoms with Gasteiger partial charge in [-0.25, -0.2) is 13.2 Å². The van der Waals surface area contributed by atoms with Gasteiger partial charge in [-0.15, -0.1) is 0 Å². The third kappa shape index (κ3) is 4.84. The highest BCUT2D eigenvalue weighted by Crippen LogP contribution is 2.13. The second kappa shape index (κ2) is 7.40. The quantitative estimate of drug-likeness (QED) is 0.785. The minimum atomic E-state index is -3.26. The van der Waals surface area contributed by atoms with Gasteiger partial charge < -0.3 is 10.4 Å². The van der Waals surface area contributed by atoms with Gasteiger partial charge >= 0.3 is 5.97 Å². The lowest BCUT2D eigenvalue weighted by atomic mass is 10.0. The molecule has 0 saturated heterocycles. The van der Waals surface area contributed by atoms with E-state index in [1.807, 2.05) is 0 Å². The second-order valence-corrected chi connectivity index (χ2v) is 7.63. The SMILES string of the molecule is CCS(=O)(=O)c1ccc(CC(=O)N[C@@H](C(=O)O)C(C)C)cc1. The maximum atomic E-state index is 11.9. The van der Waals surface area contributed by atoms with Crippen molar-refractivity contribution in [1.29, 1.82) is 0 Å². The zero-order valence-corrected chi connectivity index (χ0v) is 13.7. The van der Waals surface area contributed by atoms with Gasteiger partial charge in [0.05, 0.1) is 17.1 Å². The largest absolute Gasteiger partial charge is 0.480 e. The van der Waals surface area contributed by atoms with Crippen LogP contribution in [-0.4, -0.2) is 37.2 Å². The number of aliphatic carboxylic acids is 1. The second-order valence-electron chi connectivity index (χ2n) is 5.35. The fraction of sp³-hybridized carbons (Fsp3) is 0.467. The summed E-state index contributed by atoms with van der Waals surface area (Å²) < 4.78 is 23.4. The predicted molar refractivity (Wildman–Crippen MR) is 82.3 cm³/mol. The molecule has 0 fully saturated rings. The lowest BCUT2D eigenvalue weighted by molar-refractivity contribution is -0.143. The number of hydrogen-bond acceptors (Lipinski definition) is 4. The molecule has 1 rings (SSSR count). The first-order valence-corrected chi connectivity index (χ1v) is 8.66. The maximum Gasteiger partial charge on any atom is 0.326 e. The van der Waals surface area contributed by atoms with E-state index in [-0.39, 0.29) is 23.0 Å². The van der Waals surface area contributed by atoms with Crippen LogP contribution in [-0.2, 0) is 25.8 Å². The van der Waals surface area contributed by atoms with Crippen molar-refractivity contribution < 1.29 is 23.1 Å². The van der Waals surface area contributed by atoms with Crippen LogP contribution in [0, 0.1) is 5.92 Å². The third-order valence-corrected chi connectivity index (χ3v) is 5.03. The number of hydrogen-bond donors (Lipinski definition) is 2. The molecule has 0 aliphatic carbocycles. The minimum absolute atomic E-state index is 0.00293. The molecule has 0 bridgehead atoms. The lowest BCUT2D eigenvalue weighted by Crippen LogP contribution is -2.44. The molecule has 2 N–H and O–H groups in total. The number of amides is 1. The van der Waals surface area contributed by atoms with Gasteiger partial charge in [-0.2, -0.15) is 0 Å². The van der Waals surface area contributed by atoms with Crippen molar-refractivity contribution in [3.63, 3.8) is 0 Å². The Morgan fingerprint density at radius 2 is 1.73 bits per heavy atom. The number of carboxylic acid groups (broad SMARTS) is 1. The maximum absolute atomic E-state index is 11.9. The number of benzene rings is 1. The number of sulfone groups is 1. The van der Waals surface area contributed by atoms with Crippen LogP contribution in [0.4, 0.5) is 0 Å². The highest BCUT2D eigenvalue weighted by Gasteiger charge is 2.23. The standard InChI is InChI=1S/C15H21NO5S/c1-4-22(20,21)12-7-5-11(6-8-12)9-13(17)16-14(10(2)3)15(18)19/h5-8,10,14H,4,9H2,1-3H3,(H,16,17)(H,18,19)/t14-/m1/s1. The van der Waals surface area contributed by atoms with Crippen LogP contribution >= 0.6 is 0 Å². The number of carbonyl (C=O) groups is 2. The van der Waals surface area contributed by atoms with Crippen LogP contribution in [0.25, 0.3) is 0 Å². The molecule has 1 amide bonds. The Kier molecular flexibility index (Phi) is 6.11. The summed E-state index contributed by atoms with van der Waals surface area (Å²) in [6.07, 6.45) is 0.00293. The van der Waals surface area contributed by atoms with Crippen molar-refractivity contribution in [2.45, 2.75) is 38.1 Å². The van der Waals surface area contributed by atoms with Gasteiger partial charge in [-0.3, -0.25) is 4.79 Å². The van der Waals surface area contributed by atoms with E-state index in [9.17, 15) is 18.0 Å². The molecule has 0 heterocycles. The van der Waals surface area contributed by atoms with Crippen molar-refractivity contribution in [2.24, 2.45) is 5.92 Å². The molecule has 1 aromatic rings. The van der Waals surface area contributed by atoms with Gasteiger partial charge in [-0.05, 0) is 23.6 Å². The van der Waals surface area contributed by atoms with E-state index >= 15 is 0 Å². The number of rotatable bonds is 7. The van der Waals surface area contributed by atoms with E-state index in [4.69, 9.17) is 5.11 Å². The summed E-state index contributed by atoms with van der Waals surface area (Å²) in [5, 5.41) is 11.5. The summed E-state index contributed by atoms with van der Waals surface area (Å²) in [5.41, 5.74) is 0.625. The molecule has 0 unspecified atom stereocenters. The Balaban J connectivity index is 2.75. The molecule has 7 heteroatoms. The molecule has 22 heavy (non-hydrogen) atoms. The van der Waals surface area contributed by atoms with Crippen molar-refractivity contribution in [3.05, 3.63) is 29.8 Å². The molecule has 122 valence electrons. The summed E-state index contributed by atoms with van der Waals surface area (Å²) in [5.74, 6) is -1.69. The van der Waals surface area contributed by atoms with Crippen molar-refractivity contribution in [1.82, 2.24) is 5.32 Å². The van der Waals surface area contributed by atoms with Crippen molar-refractivity contribution in [2.75, 3.05) is 5.75 Å². The summed E-state index contributed by atoms with van der Waals surface area (Å²) in [6.45, 7) is 4.99. The number of nitrogens with one attached hydrogen (secondary N) is 1. The zero-order chi connectivity index (χ0) is 16.9. The van der Waals surface area contributed by atoms with Gasteiger partial charge in [0.2, 0.25) is 5.91 Å². The summed E-state index contributed by atoms with van der Waals surface area (Å²) >= 11 is 0. The Morgan fingerprint density at radius 3 is 2.14 bits per heavy atom. The first kappa shape index (κ1) is 18.2. The topological polar surface area (TPSA) is 101 Å². The van der Waals surface area contributed by atoms with Crippen molar-refractivity contribution in [3.8, 4) is 0 Å². The lowest BCUT2D eigenvalue weighted by Gasteiger charge is -2.17. The Bertz CT molecular complexity index is 634. The van der Waals surface area contributed by atoms with E-state index in [1.165, 1.54) is 12.1 Å². The number of carboxylic acids is 1. The molecule has 1 aromatic carbocycles. The first-order chi connectivity index (χ1) is 10.2. The van der Waals surface area contributed by atoms with E-state index < -0.39 is 27.8 Å². The third-order valence-electron chi connectivity index (χ3n) is 3.28. The first-order valence-electron chi connectivity index (χ1n) is 7.01. The van der Waals surface area contributed by atoms with E-state index in [1.54, 1.807) is 32.9 Å². The summed E-state index contributed by atoms with van der Waals surface area (Å²) in [6, 6.07) is 5.10. The average Bonchev–Trinajstić information content (AvgIpc) is 2.44. The highest BCUT2D eigenvalue weighted by atomic mass is 32.2. The van der Waals surface area contributed by atoms with E-state index in [0.717, 1.165) is 0 Å². The van der Waals surface area contributed by atoms with Crippen molar-refractivity contribution >= 4 is 21.7 Å². The molecule has 0 saturated carbocycles. The molecular formula is C15H21NO5S. The Hall–Kier alpha value is -1.89. The monoisotopic (exact) mass is 327 g/mol. The molecule has 0 spiro atoms. The molecule has 0 aromatic heterocycles. The number of carbonyl (C=O) groups excluding carboxylic acids is 1. The van der Waals surface area contributed by atoms with Crippen LogP contribution in [0.2, 0.25) is 0 Å². The van der Waals surface area contributed by atoms with Crippen LogP contribution in [0.15, 0.2) is 29.2 Å². The van der Waals surface area contributed by atoms with Gasteiger partial charge in [0, 0.05) is 0 Å². The highest BCUT2D eigenvalue weighted by molar-refractivity contribution is 7.91. The fourth-order valence-corrected chi connectivity index (χ4v) is 2.79. The zero-order valence-electron chi connectivity index (χ0n) is 12.9. The smallest absolute Gasteiger partial charge is 0.326 e. The molecule has 0 radical (unpaired) electrons.